The van der Waals surface area contributed by atoms with Crippen LogP contribution in [0, 0.1) is 10.1 Å². The number of nitro groups is 1. The largest absolute Gasteiger partial charge is 0.487 e. The Balaban J connectivity index is 3.02. The first-order valence-corrected chi connectivity index (χ1v) is 5.12. The van der Waals surface area contributed by atoms with E-state index in [1.165, 1.54) is 6.07 Å². The van der Waals surface area contributed by atoms with E-state index < -0.39 is 11.0 Å². The molecule has 1 aromatic carbocycles. The van der Waals surface area contributed by atoms with Crippen LogP contribution in [0.1, 0.15) is 19.4 Å². The van der Waals surface area contributed by atoms with Gasteiger partial charge in [0.1, 0.15) is 0 Å². The highest BCUT2D eigenvalue weighted by molar-refractivity contribution is 5.48. The number of hydrogen-bond acceptors (Lipinski definition) is 4. The molecule has 0 aliphatic carbocycles. The number of benzene rings is 1. The lowest BCUT2D eigenvalue weighted by Gasteiger charge is -2.08. The molecule has 0 spiro atoms. The van der Waals surface area contributed by atoms with Crippen LogP contribution >= 0.6 is 0 Å². The summed E-state index contributed by atoms with van der Waals surface area (Å²) in [5.41, 5.74) is 0.778. The topological polar surface area (TPSA) is 72.6 Å². The summed E-state index contributed by atoms with van der Waals surface area (Å²) >= 11 is 0. The van der Waals surface area contributed by atoms with Gasteiger partial charge < -0.3 is 9.84 Å². The highest BCUT2D eigenvalue weighted by Crippen LogP contribution is 2.28. The molecule has 1 N–H and O–H groups in total. The Kier molecular flexibility index (Phi) is 4.25. The molecule has 0 aromatic heterocycles. The molecule has 0 saturated carbocycles. The maximum atomic E-state index is 10.7. The summed E-state index contributed by atoms with van der Waals surface area (Å²) in [5.74, 6) is 0.255. The maximum absolute atomic E-state index is 10.7. The van der Waals surface area contributed by atoms with Crippen LogP contribution in [0.4, 0.5) is 5.69 Å². The van der Waals surface area contributed by atoms with Gasteiger partial charge in [-0.3, -0.25) is 10.1 Å². The Morgan fingerprint density at radius 1 is 1.56 bits per heavy atom. The normalized spacial score (nSPS) is 12.2. The summed E-state index contributed by atoms with van der Waals surface area (Å²) < 4.78 is 5.20. The third-order valence-corrected chi connectivity index (χ3v) is 2.05. The van der Waals surface area contributed by atoms with Gasteiger partial charge in [0.2, 0.25) is 0 Å². The van der Waals surface area contributed by atoms with E-state index in [-0.39, 0.29) is 11.4 Å². The second-order valence-electron chi connectivity index (χ2n) is 3.55. The van der Waals surface area contributed by atoms with Crippen LogP contribution in [-0.4, -0.2) is 22.7 Å². The molecular weight excluding hydrogens is 210 g/mol. The van der Waals surface area contributed by atoms with E-state index in [2.05, 4.69) is 0 Å². The molecule has 1 unspecified atom stereocenters. The number of hydrogen-bond donors (Lipinski definition) is 1. The van der Waals surface area contributed by atoms with Crippen molar-refractivity contribution in [3.8, 4) is 5.75 Å². The van der Waals surface area contributed by atoms with Crippen molar-refractivity contribution in [1.82, 2.24) is 0 Å². The van der Waals surface area contributed by atoms with E-state index in [1.54, 1.807) is 26.0 Å². The minimum Gasteiger partial charge on any atom is -0.487 e. The van der Waals surface area contributed by atoms with E-state index in [1.807, 2.05) is 0 Å². The van der Waals surface area contributed by atoms with E-state index >= 15 is 0 Å². The molecule has 1 aromatic rings. The van der Waals surface area contributed by atoms with Crippen LogP contribution in [0.15, 0.2) is 18.2 Å². The van der Waals surface area contributed by atoms with Crippen molar-refractivity contribution in [2.24, 2.45) is 0 Å². The SMILES string of the molecule is CCOc1cc(CC(C)O)ccc1[N+](=O)[O-]. The third kappa shape index (κ3) is 3.20. The van der Waals surface area contributed by atoms with Gasteiger partial charge in [0.25, 0.3) is 0 Å². The van der Waals surface area contributed by atoms with Gasteiger partial charge in [-0.1, -0.05) is 6.07 Å². The number of aliphatic hydroxyl groups excluding tert-OH is 1. The van der Waals surface area contributed by atoms with Crippen molar-refractivity contribution in [1.29, 1.82) is 0 Å². The van der Waals surface area contributed by atoms with Crippen molar-refractivity contribution < 1.29 is 14.8 Å². The van der Waals surface area contributed by atoms with Gasteiger partial charge in [0, 0.05) is 6.07 Å². The van der Waals surface area contributed by atoms with Crippen molar-refractivity contribution in [3.63, 3.8) is 0 Å². The van der Waals surface area contributed by atoms with Gasteiger partial charge in [-0.2, -0.15) is 0 Å². The third-order valence-electron chi connectivity index (χ3n) is 2.05. The minimum atomic E-state index is -0.476. The van der Waals surface area contributed by atoms with Gasteiger partial charge >= 0.3 is 5.69 Å². The lowest BCUT2D eigenvalue weighted by Crippen LogP contribution is -2.05. The smallest absolute Gasteiger partial charge is 0.310 e. The molecule has 0 radical (unpaired) electrons. The van der Waals surface area contributed by atoms with Gasteiger partial charge in [-0.05, 0) is 31.9 Å². The molecular formula is C11H15NO4. The first-order chi connectivity index (χ1) is 7.54. The van der Waals surface area contributed by atoms with Crippen molar-refractivity contribution >= 4 is 5.69 Å². The van der Waals surface area contributed by atoms with Crippen LogP contribution in [-0.2, 0) is 6.42 Å². The highest BCUT2D eigenvalue weighted by atomic mass is 16.6. The number of aliphatic hydroxyl groups is 1. The van der Waals surface area contributed by atoms with Gasteiger partial charge in [-0.25, -0.2) is 0 Å². The first kappa shape index (κ1) is 12.4. The van der Waals surface area contributed by atoms with Crippen LogP contribution in [0.3, 0.4) is 0 Å². The molecule has 5 heteroatoms. The highest BCUT2D eigenvalue weighted by Gasteiger charge is 2.15. The Hall–Kier alpha value is -1.62. The Morgan fingerprint density at radius 2 is 2.25 bits per heavy atom. The Labute approximate surface area is 93.8 Å². The predicted octanol–water partition coefficient (Wildman–Crippen LogP) is 1.92. The fourth-order valence-electron chi connectivity index (χ4n) is 1.45. The summed E-state index contributed by atoms with van der Waals surface area (Å²) in [6.07, 6.45) is -0.0196. The number of nitrogens with zero attached hydrogens (tertiary/aromatic N) is 1. The predicted molar refractivity (Wildman–Crippen MR) is 59.7 cm³/mol. The fraction of sp³-hybridized carbons (Fsp3) is 0.455. The van der Waals surface area contributed by atoms with E-state index in [0.29, 0.717) is 13.0 Å². The molecule has 0 amide bonds. The van der Waals surface area contributed by atoms with Crippen LogP contribution in [0.2, 0.25) is 0 Å². The van der Waals surface area contributed by atoms with Crippen molar-refractivity contribution in [2.75, 3.05) is 6.61 Å². The van der Waals surface area contributed by atoms with Crippen LogP contribution in [0.5, 0.6) is 5.75 Å². The summed E-state index contributed by atoms with van der Waals surface area (Å²) in [4.78, 5) is 10.2. The molecule has 88 valence electrons. The van der Waals surface area contributed by atoms with Crippen LogP contribution in [0.25, 0.3) is 0 Å². The summed E-state index contributed by atoms with van der Waals surface area (Å²) in [5, 5.41) is 19.9. The molecule has 16 heavy (non-hydrogen) atoms. The number of rotatable bonds is 5. The second-order valence-corrected chi connectivity index (χ2v) is 3.55. The van der Waals surface area contributed by atoms with Gasteiger partial charge in [-0.15, -0.1) is 0 Å². The molecule has 0 aliphatic heterocycles. The van der Waals surface area contributed by atoms with Crippen molar-refractivity contribution in [3.05, 3.63) is 33.9 Å². The average Bonchev–Trinajstić information content (AvgIpc) is 2.17. The lowest BCUT2D eigenvalue weighted by atomic mass is 10.1. The lowest BCUT2D eigenvalue weighted by molar-refractivity contribution is -0.385. The van der Waals surface area contributed by atoms with Gasteiger partial charge in [0.15, 0.2) is 5.75 Å². The fourth-order valence-corrected chi connectivity index (χ4v) is 1.45. The summed E-state index contributed by atoms with van der Waals surface area (Å²) in [7, 11) is 0. The average molecular weight is 225 g/mol. The van der Waals surface area contributed by atoms with Gasteiger partial charge in [0.05, 0.1) is 17.6 Å². The first-order valence-electron chi connectivity index (χ1n) is 5.12. The molecule has 0 bridgehead atoms. The quantitative estimate of drug-likeness (QED) is 0.613. The summed E-state index contributed by atoms with van der Waals surface area (Å²) in [6, 6.07) is 4.64. The molecule has 5 nitrogen and oxygen atoms in total. The monoisotopic (exact) mass is 225 g/mol. The standard InChI is InChI=1S/C11H15NO4/c1-3-16-11-7-9(6-8(2)13)4-5-10(11)12(14)15/h4-5,7-8,13H,3,6H2,1-2H3. The molecule has 0 heterocycles. The molecule has 0 fully saturated rings. The van der Waals surface area contributed by atoms with Crippen molar-refractivity contribution in [2.45, 2.75) is 26.4 Å². The molecule has 0 aliphatic rings. The van der Waals surface area contributed by atoms with E-state index in [0.717, 1.165) is 5.56 Å². The zero-order chi connectivity index (χ0) is 12.1. The maximum Gasteiger partial charge on any atom is 0.310 e. The Morgan fingerprint density at radius 3 is 2.75 bits per heavy atom. The second kappa shape index (κ2) is 5.46. The zero-order valence-electron chi connectivity index (χ0n) is 9.34. The van der Waals surface area contributed by atoms with Crippen LogP contribution < -0.4 is 4.74 Å². The number of nitro benzene ring substituents is 1. The van der Waals surface area contributed by atoms with E-state index in [4.69, 9.17) is 4.74 Å². The van der Waals surface area contributed by atoms with E-state index in [9.17, 15) is 15.2 Å². The minimum absolute atomic E-state index is 0.0452. The Bertz CT molecular complexity index is 376. The zero-order valence-corrected chi connectivity index (χ0v) is 9.34. The summed E-state index contributed by atoms with van der Waals surface area (Å²) in [6.45, 7) is 3.81. The molecule has 1 rings (SSSR count). The number of ether oxygens (including phenoxy) is 1. The molecule has 0 saturated heterocycles. The molecule has 1 atom stereocenters.